The van der Waals surface area contributed by atoms with Crippen molar-refractivity contribution in [2.24, 2.45) is 0 Å². The minimum absolute atomic E-state index is 0.0561. The lowest BCUT2D eigenvalue weighted by molar-refractivity contribution is -0.117. The minimum Gasteiger partial charge on any atom is -0.299 e. The van der Waals surface area contributed by atoms with Gasteiger partial charge in [0, 0.05) is 12.8 Å². The fraction of sp³-hybridized carbons (Fsp3) is 0.182. The van der Waals surface area contributed by atoms with Crippen molar-refractivity contribution in [3.8, 4) is 0 Å². The highest BCUT2D eigenvalue weighted by Crippen LogP contribution is 2.05. The summed E-state index contributed by atoms with van der Waals surface area (Å²) in [5, 5.41) is 0. The lowest BCUT2D eigenvalue weighted by Crippen LogP contribution is -2.00. The third-order valence-corrected chi connectivity index (χ3v) is 1.66. The van der Waals surface area contributed by atoms with Crippen molar-refractivity contribution >= 4 is 5.78 Å². The molecule has 0 spiro atoms. The van der Waals surface area contributed by atoms with Gasteiger partial charge in [-0.15, -0.1) is 6.58 Å². The molecule has 0 aliphatic rings. The van der Waals surface area contributed by atoms with Crippen LogP contribution in [0.1, 0.15) is 12.0 Å². The molecule has 1 aromatic carbocycles. The number of allylic oxidation sites excluding steroid dienone is 1. The van der Waals surface area contributed by atoms with Gasteiger partial charge < -0.3 is 0 Å². The van der Waals surface area contributed by atoms with Gasteiger partial charge in [-0.3, -0.25) is 4.79 Å². The Kier molecular flexibility index (Phi) is 3.38. The molecule has 1 nitrogen and oxygen atoms in total. The molecule has 68 valence electrons. The van der Waals surface area contributed by atoms with Crippen LogP contribution < -0.4 is 0 Å². The van der Waals surface area contributed by atoms with Gasteiger partial charge in [0.05, 0.1) is 0 Å². The van der Waals surface area contributed by atoms with Crippen LogP contribution >= 0.6 is 0 Å². The number of carbonyl (C=O) groups excluding carboxylic acids is 1. The molecule has 0 bridgehead atoms. The third kappa shape index (κ3) is 3.20. The van der Waals surface area contributed by atoms with Crippen LogP contribution in [0.2, 0.25) is 0 Å². The van der Waals surface area contributed by atoms with Crippen molar-refractivity contribution in [2.45, 2.75) is 12.8 Å². The van der Waals surface area contributed by atoms with Crippen LogP contribution in [0.15, 0.2) is 36.9 Å². The quantitative estimate of drug-likeness (QED) is 0.647. The molecule has 0 saturated carbocycles. The average molecular weight is 178 g/mol. The maximum Gasteiger partial charge on any atom is 0.140 e. The molecule has 0 aliphatic heterocycles. The van der Waals surface area contributed by atoms with E-state index in [9.17, 15) is 9.18 Å². The maximum atomic E-state index is 12.7. The van der Waals surface area contributed by atoms with E-state index in [1.807, 2.05) is 0 Å². The van der Waals surface area contributed by atoms with Gasteiger partial charge in [-0.05, 0) is 17.7 Å². The topological polar surface area (TPSA) is 17.1 Å². The number of Topliss-reactive ketones (excluding diaryl/α,β-unsaturated/α-hetero) is 1. The molecular formula is C11H11FO. The zero-order valence-corrected chi connectivity index (χ0v) is 7.29. The predicted molar refractivity (Wildman–Crippen MR) is 49.9 cm³/mol. The Hall–Kier alpha value is -1.44. The predicted octanol–water partition coefficient (Wildman–Crippen LogP) is 2.51. The van der Waals surface area contributed by atoms with Gasteiger partial charge in [-0.2, -0.15) is 0 Å². The van der Waals surface area contributed by atoms with E-state index in [1.54, 1.807) is 18.2 Å². The van der Waals surface area contributed by atoms with Crippen LogP contribution in [0.5, 0.6) is 0 Å². The standard InChI is InChI=1S/C11H11FO/c1-2-4-11(13)8-9-5-3-6-10(12)7-9/h2-3,5-7H,1,4,8H2. The molecule has 0 aromatic heterocycles. The fourth-order valence-corrected chi connectivity index (χ4v) is 1.11. The van der Waals surface area contributed by atoms with E-state index in [1.165, 1.54) is 12.1 Å². The lowest BCUT2D eigenvalue weighted by atomic mass is 10.1. The smallest absolute Gasteiger partial charge is 0.140 e. The first-order valence-electron chi connectivity index (χ1n) is 4.09. The molecule has 13 heavy (non-hydrogen) atoms. The Labute approximate surface area is 76.9 Å². The van der Waals surface area contributed by atoms with Gasteiger partial charge >= 0.3 is 0 Å². The summed E-state index contributed by atoms with van der Waals surface area (Å²) in [6.07, 6.45) is 2.18. The third-order valence-electron chi connectivity index (χ3n) is 1.66. The van der Waals surface area contributed by atoms with Crippen molar-refractivity contribution in [3.05, 3.63) is 48.3 Å². The van der Waals surface area contributed by atoms with Crippen LogP contribution in [-0.2, 0) is 11.2 Å². The molecule has 0 unspecified atom stereocenters. The summed E-state index contributed by atoms with van der Waals surface area (Å²) in [7, 11) is 0. The number of halogens is 1. The summed E-state index contributed by atoms with van der Waals surface area (Å²) in [5.74, 6) is -0.246. The number of carbonyl (C=O) groups is 1. The number of hydrogen-bond donors (Lipinski definition) is 0. The van der Waals surface area contributed by atoms with Crippen LogP contribution in [-0.4, -0.2) is 5.78 Å². The van der Waals surface area contributed by atoms with Gasteiger partial charge in [-0.1, -0.05) is 18.2 Å². The van der Waals surface area contributed by atoms with Crippen LogP contribution in [0.3, 0.4) is 0 Å². The Morgan fingerprint density at radius 3 is 2.92 bits per heavy atom. The van der Waals surface area contributed by atoms with E-state index < -0.39 is 0 Å². The van der Waals surface area contributed by atoms with Crippen LogP contribution in [0.25, 0.3) is 0 Å². The van der Waals surface area contributed by atoms with Crippen molar-refractivity contribution in [3.63, 3.8) is 0 Å². The summed E-state index contributed by atoms with van der Waals surface area (Å²) in [4.78, 5) is 11.1. The average Bonchev–Trinajstić information content (AvgIpc) is 2.04. The summed E-state index contributed by atoms with van der Waals surface area (Å²) in [6, 6.07) is 6.08. The first kappa shape index (κ1) is 9.65. The van der Waals surface area contributed by atoms with Gasteiger partial charge in [-0.25, -0.2) is 4.39 Å². The van der Waals surface area contributed by atoms with Crippen LogP contribution in [0.4, 0.5) is 4.39 Å². The second-order valence-corrected chi connectivity index (χ2v) is 2.84. The number of rotatable bonds is 4. The number of ketones is 1. The van der Waals surface area contributed by atoms with Crippen molar-refractivity contribution in [1.82, 2.24) is 0 Å². The molecule has 1 rings (SSSR count). The Bertz CT molecular complexity index is 318. The highest BCUT2D eigenvalue weighted by atomic mass is 19.1. The monoisotopic (exact) mass is 178 g/mol. The molecule has 0 saturated heterocycles. The van der Waals surface area contributed by atoms with E-state index in [0.29, 0.717) is 12.0 Å². The molecule has 0 atom stereocenters. The molecule has 0 radical (unpaired) electrons. The molecule has 0 aliphatic carbocycles. The van der Waals surface area contributed by atoms with E-state index in [-0.39, 0.29) is 18.0 Å². The van der Waals surface area contributed by atoms with Crippen molar-refractivity contribution in [2.75, 3.05) is 0 Å². The molecule has 0 heterocycles. The van der Waals surface area contributed by atoms with Gasteiger partial charge in [0.25, 0.3) is 0 Å². The lowest BCUT2D eigenvalue weighted by Gasteiger charge is -1.98. The second-order valence-electron chi connectivity index (χ2n) is 2.84. The van der Waals surface area contributed by atoms with E-state index in [0.717, 1.165) is 0 Å². The molecule has 0 amide bonds. The molecular weight excluding hydrogens is 167 g/mol. The largest absolute Gasteiger partial charge is 0.299 e. The Balaban J connectivity index is 2.63. The summed E-state index contributed by atoms with van der Waals surface area (Å²) >= 11 is 0. The first-order valence-corrected chi connectivity index (χ1v) is 4.09. The van der Waals surface area contributed by atoms with Gasteiger partial charge in [0.15, 0.2) is 0 Å². The molecule has 0 N–H and O–H groups in total. The van der Waals surface area contributed by atoms with Gasteiger partial charge in [0.2, 0.25) is 0 Å². The molecule has 1 aromatic rings. The normalized spacial score (nSPS) is 9.62. The fourth-order valence-electron chi connectivity index (χ4n) is 1.11. The Morgan fingerprint density at radius 1 is 1.54 bits per heavy atom. The zero-order valence-electron chi connectivity index (χ0n) is 7.29. The van der Waals surface area contributed by atoms with Crippen LogP contribution in [0, 0.1) is 5.82 Å². The highest BCUT2D eigenvalue weighted by molar-refractivity contribution is 5.82. The first-order chi connectivity index (χ1) is 6.22. The summed E-state index contributed by atoms with van der Waals surface area (Å²) < 4.78 is 12.7. The highest BCUT2D eigenvalue weighted by Gasteiger charge is 2.01. The Morgan fingerprint density at radius 2 is 2.31 bits per heavy atom. The molecule has 0 fully saturated rings. The second kappa shape index (κ2) is 4.55. The van der Waals surface area contributed by atoms with E-state index in [2.05, 4.69) is 6.58 Å². The van der Waals surface area contributed by atoms with Crippen molar-refractivity contribution in [1.29, 1.82) is 0 Å². The number of hydrogen-bond acceptors (Lipinski definition) is 1. The van der Waals surface area contributed by atoms with Crippen molar-refractivity contribution < 1.29 is 9.18 Å². The summed E-state index contributed by atoms with van der Waals surface area (Å²) in [5.41, 5.74) is 0.715. The maximum absolute atomic E-state index is 12.7. The summed E-state index contributed by atoms with van der Waals surface area (Å²) in [6.45, 7) is 3.46. The molecule has 2 heteroatoms. The SMILES string of the molecule is C=CCC(=O)Cc1cccc(F)c1. The number of benzene rings is 1. The van der Waals surface area contributed by atoms with E-state index >= 15 is 0 Å². The minimum atomic E-state index is -0.302. The zero-order chi connectivity index (χ0) is 9.68. The van der Waals surface area contributed by atoms with Gasteiger partial charge in [0.1, 0.15) is 11.6 Å². The van der Waals surface area contributed by atoms with E-state index in [4.69, 9.17) is 0 Å².